The quantitative estimate of drug-likeness (QED) is 0.164. The number of carboxylic acids is 1. The number of aliphatic carboxylic acids is 1. The summed E-state index contributed by atoms with van der Waals surface area (Å²) in [4.78, 5) is 61.3. The lowest BCUT2D eigenvalue weighted by molar-refractivity contribution is -0.142. The molecule has 31 heavy (non-hydrogen) atoms. The van der Waals surface area contributed by atoms with Crippen LogP contribution in [0.5, 0.6) is 0 Å². The first-order valence-corrected chi connectivity index (χ1v) is 9.21. The van der Waals surface area contributed by atoms with E-state index in [9.17, 15) is 24.3 Å². The summed E-state index contributed by atoms with van der Waals surface area (Å²) in [5, 5.41) is 25.3. The van der Waals surface area contributed by atoms with Crippen molar-refractivity contribution in [3.8, 4) is 0 Å². The van der Waals surface area contributed by atoms with E-state index in [-0.39, 0.29) is 12.8 Å². The lowest BCUT2D eigenvalue weighted by Crippen LogP contribution is -2.55. The van der Waals surface area contributed by atoms with Gasteiger partial charge in [-0.3, -0.25) is 14.4 Å². The molecule has 0 saturated heterocycles. The van der Waals surface area contributed by atoms with Crippen molar-refractivity contribution >= 4 is 23.7 Å². The number of carbonyl (C=O) groups is 4. The van der Waals surface area contributed by atoms with Crippen molar-refractivity contribution < 1.29 is 29.4 Å². The van der Waals surface area contributed by atoms with Gasteiger partial charge in [-0.25, -0.2) is 14.8 Å². The van der Waals surface area contributed by atoms with E-state index in [0.717, 1.165) is 0 Å². The monoisotopic (exact) mass is 436 g/mol. The first kappa shape index (κ1) is 23.5. The maximum absolute atomic E-state index is 12.8. The molecule has 14 nitrogen and oxygen atoms in total. The molecule has 0 fully saturated rings. The van der Waals surface area contributed by atoms with Gasteiger partial charge in [0.1, 0.15) is 18.1 Å². The van der Waals surface area contributed by atoms with Crippen molar-refractivity contribution in [3.05, 3.63) is 36.4 Å². The van der Waals surface area contributed by atoms with Crippen LogP contribution in [0.25, 0.3) is 0 Å². The Morgan fingerprint density at radius 3 is 2.03 bits per heavy atom. The number of rotatable bonds is 12. The van der Waals surface area contributed by atoms with Gasteiger partial charge in [0.2, 0.25) is 17.7 Å². The molecule has 14 heteroatoms. The highest BCUT2D eigenvalue weighted by Gasteiger charge is 2.28. The Morgan fingerprint density at radius 1 is 0.968 bits per heavy atom. The number of nitrogens with one attached hydrogen (secondary N) is 5. The normalized spacial score (nSPS) is 13.6. The molecule has 2 rings (SSSR count). The second-order valence-electron chi connectivity index (χ2n) is 6.59. The van der Waals surface area contributed by atoms with Gasteiger partial charge in [-0.15, -0.1) is 0 Å². The molecule has 0 spiro atoms. The lowest BCUT2D eigenvalue weighted by atomic mass is 10.1. The van der Waals surface area contributed by atoms with Crippen LogP contribution in [-0.4, -0.2) is 85.1 Å². The van der Waals surface area contributed by atoms with Gasteiger partial charge < -0.3 is 41.9 Å². The molecular weight excluding hydrogens is 412 g/mol. The van der Waals surface area contributed by atoms with Crippen LogP contribution < -0.4 is 21.7 Å². The molecule has 3 amide bonds. The number of carboxylic acid groups (broad SMARTS) is 1. The summed E-state index contributed by atoms with van der Waals surface area (Å²) < 4.78 is 0. The fourth-order valence-electron chi connectivity index (χ4n) is 2.54. The zero-order chi connectivity index (χ0) is 22.8. The molecule has 0 aromatic carbocycles. The molecule has 168 valence electrons. The molecule has 0 aliphatic heterocycles. The number of nitrogens with two attached hydrogens (primary N) is 1. The fourth-order valence-corrected chi connectivity index (χ4v) is 2.54. The molecule has 2 aromatic heterocycles. The number of aromatic nitrogens is 4. The zero-order valence-corrected chi connectivity index (χ0v) is 16.4. The van der Waals surface area contributed by atoms with E-state index in [0.29, 0.717) is 11.4 Å². The summed E-state index contributed by atoms with van der Waals surface area (Å²) >= 11 is 0. The van der Waals surface area contributed by atoms with E-state index in [4.69, 9.17) is 10.8 Å². The molecule has 3 unspecified atom stereocenters. The SMILES string of the molecule is NC(CO)C(=O)NCC(=O)NC(Cc1cnc[nH]1)C(=O)NC(Cc1cnc[nH]1)C(=O)O. The molecule has 2 aromatic rings. The number of H-pyrrole nitrogens is 2. The van der Waals surface area contributed by atoms with Gasteiger partial charge in [0, 0.05) is 36.6 Å². The molecule has 2 heterocycles. The Hall–Kier alpha value is -3.78. The minimum Gasteiger partial charge on any atom is -0.480 e. The van der Waals surface area contributed by atoms with Gasteiger partial charge in [-0.1, -0.05) is 0 Å². The Bertz CT molecular complexity index is 869. The van der Waals surface area contributed by atoms with Gasteiger partial charge in [-0.05, 0) is 0 Å². The largest absolute Gasteiger partial charge is 0.480 e. The number of nitrogens with zero attached hydrogens (tertiary/aromatic N) is 2. The Labute approximate surface area is 176 Å². The minimum absolute atomic E-state index is 0.00191. The summed E-state index contributed by atoms with van der Waals surface area (Å²) in [6.07, 6.45) is 5.62. The van der Waals surface area contributed by atoms with Crippen LogP contribution in [0.15, 0.2) is 25.0 Å². The highest BCUT2D eigenvalue weighted by atomic mass is 16.4. The maximum atomic E-state index is 12.8. The van der Waals surface area contributed by atoms with E-state index in [1.165, 1.54) is 25.0 Å². The Morgan fingerprint density at radius 2 is 1.55 bits per heavy atom. The van der Waals surface area contributed by atoms with E-state index in [1.807, 2.05) is 0 Å². The third-order valence-electron chi connectivity index (χ3n) is 4.18. The molecular formula is C17H24N8O6. The van der Waals surface area contributed by atoms with Crippen molar-refractivity contribution in [2.75, 3.05) is 13.2 Å². The van der Waals surface area contributed by atoms with Crippen molar-refractivity contribution in [2.45, 2.75) is 31.0 Å². The molecule has 0 bridgehead atoms. The molecule has 0 aliphatic carbocycles. The molecule has 3 atom stereocenters. The highest BCUT2D eigenvalue weighted by Crippen LogP contribution is 2.03. The number of carbonyl (C=O) groups excluding carboxylic acids is 3. The standard InChI is InChI=1S/C17H24N8O6/c18-11(6-26)15(28)21-5-14(27)24-12(1-9-3-19-7-22-9)16(29)25-13(17(30)31)2-10-4-20-8-23-10/h3-4,7-8,11-13,26H,1-2,5-6,18H2,(H,19,22)(H,20,23)(H,21,28)(H,24,27)(H,25,29)(H,30,31). The Kier molecular flexibility index (Phi) is 8.65. The number of aromatic amines is 2. The van der Waals surface area contributed by atoms with Crippen molar-refractivity contribution in [1.82, 2.24) is 35.9 Å². The van der Waals surface area contributed by atoms with Crippen molar-refractivity contribution in [2.24, 2.45) is 5.73 Å². The predicted molar refractivity (Wildman–Crippen MR) is 104 cm³/mol. The van der Waals surface area contributed by atoms with E-state index < -0.39 is 55.0 Å². The summed E-state index contributed by atoms with van der Waals surface area (Å²) in [5.41, 5.74) is 6.37. The third-order valence-corrected chi connectivity index (χ3v) is 4.18. The summed E-state index contributed by atoms with van der Waals surface area (Å²) in [7, 11) is 0. The third kappa shape index (κ3) is 7.52. The van der Waals surface area contributed by atoms with Gasteiger partial charge in [0.25, 0.3) is 0 Å². The topological polar surface area (TPSA) is 228 Å². The van der Waals surface area contributed by atoms with Crippen LogP contribution in [0.4, 0.5) is 0 Å². The van der Waals surface area contributed by atoms with Gasteiger partial charge in [0.05, 0.1) is 25.8 Å². The Balaban J connectivity index is 2.03. The van der Waals surface area contributed by atoms with Gasteiger partial charge in [0.15, 0.2) is 0 Å². The fraction of sp³-hybridized carbons (Fsp3) is 0.412. The van der Waals surface area contributed by atoms with Crippen LogP contribution >= 0.6 is 0 Å². The number of hydrogen-bond acceptors (Lipinski definition) is 8. The van der Waals surface area contributed by atoms with Crippen LogP contribution in [0.2, 0.25) is 0 Å². The molecule has 0 radical (unpaired) electrons. The van der Waals surface area contributed by atoms with E-state index >= 15 is 0 Å². The predicted octanol–water partition coefficient (Wildman–Crippen LogP) is -3.59. The number of imidazole rings is 2. The van der Waals surface area contributed by atoms with Gasteiger partial charge >= 0.3 is 5.97 Å². The van der Waals surface area contributed by atoms with E-state index in [1.54, 1.807) is 0 Å². The lowest BCUT2D eigenvalue weighted by Gasteiger charge is -2.21. The average molecular weight is 436 g/mol. The smallest absolute Gasteiger partial charge is 0.326 e. The zero-order valence-electron chi connectivity index (χ0n) is 16.4. The van der Waals surface area contributed by atoms with E-state index in [2.05, 4.69) is 35.9 Å². The van der Waals surface area contributed by atoms with Crippen LogP contribution in [0, 0.1) is 0 Å². The summed E-state index contributed by atoms with van der Waals surface area (Å²) in [5.74, 6) is -3.45. The second-order valence-corrected chi connectivity index (χ2v) is 6.59. The summed E-state index contributed by atoms with van der Waals surface area (Å²) in [6, 6.07) is -3.60. The number of amides is 3. The van der Waals surface area contributed by atoms with Crippen LogP contribution in [0.1, 0.15) is 11.4 Å². The number of aliphatic hydroxyl groups is 1. The van der Waals surface area contributed by atoms with Crippen molar-refractivity contribution in [3.63, 3.8) is 0 Å². The molecule has 0 aliphatic rings. The second kappa shape index (κ2) is 11.4. The average Bonchev–Trinajstić information content (AvgIpc) is 3.44. The van der Waals surface area contributed by atoms with Gasteiger partial charge in [-0.2, -0.15) is 0 Å². The minimum atomic E-state index is -1.27. The first-order valence-electron chi connectivity index (χ1n) is 9.21. The number of hydrogen-bond donors (Lipinski definition) is 8. The highest BCUT2D eigenvalue weighted by molar-refractivity contribution is 5.92. The van der Waals surface area contributed by atoms with Crippen LogP contribution in [-0.2, 0) is 32.0 Å². The van der Waals surface area contributed by atoms with Crippen LogP contribution in [0.3, 0.4) is 0 Å². The molecule has 0 saturated carbocycles. The summed E-state index contributed by atoms with van der Waals surface area (Å²) in [6.45, 7) is -1.08. The van der Waals surface area contributed by atoms with Crippen molar-refractivity contribution in [1.29, 1.82) is 0 Å². The number of aliphatic hydroxyl groups excluding tert-OH is 1. The maximum Gasteiger partial charge on any atom is 0.326 e. The molecule has 9 N–H and O–H groups in total. The first-order chi connectivity index (χ1) is 14.8.